The zero-order valence-electron chi connectivity index (χ0n) is 13.1. The van der Waals surface area contributed by atoms with Crippen molar-refractivity contribution in [2.45, 2.75) is 59.8 Å². The van der Waals surface area contributed by atoms with E-state index in [2.05, 4.69) is 13.8 Å². The third kappa shape index (κ3) is 9.40. The molecule has 0 aliphatic rings. The molecule has 0 saturated carbocycles. The molecule has 2 heteroatoms. The molecule has 1 aromatic rings. The van der Waals surface area contributed by atoms with Gasteiger partial charge in [-0.05, 0) is 25.0 Å². The first-order chi connectivity index (χ1) is 9.36. The largest absolute Gasteiger partial charge is 0.493 e. The van der Waals surface area contributed by atoms with Crippen molar-refractivity contribution in [2.24, 2.45) is 0 Å². The minimum absolute atomic E-state index is 0.787. The molecule has 0 aromatic heterocycles. The van der Waals surface area contributed by atoms with Gasteiger partial charge in [-0.25, -0.2) is 0 Å². The maximum absolute atomic E-state index is 5.68. The van der Waals surface area contributed by atoms with E-state index in [1.807, 2.05) is 38.1 Å². The fraction of sp³-hybridized carbons (Fsp3) is 0.647. The lowest BCUT2D eigenvalue weighted by Crippen LogP contribution is -1.99. The van der Waals surface area contributed by atoms with Crippen molar-refractivity contribution in [1.29, 1.82) is 0 Å². The van der Waals surface area contributed by atoms with Crippen LogP contribution >= 0.6 is 0 Å². The van der Waals surface area contributed by atoms with E-state index >= 15 is 0 Å². The van der Waals surface area contributed by atoms with E-state index in [0.29, 0.717) is 0 Å². The molecule has 0 radical (unpaired) electrons. The van der Waals surface area contributed by atoms with Crippen molar-refractivity contribution in [3.8, 4) is 11.5 Å². The van der Waals surface area contributed by atoms with Gasteiger partial charge in [0.05, 0.1) is 13.2 Å². The summed E-state index contributed by atoms with van der Waals surface area (Å²) in [6, 6.07) is 7.92. The van der Waals surface area contributed by atoms with Gasteiger partial charge in [-0.1, -0.05) is 53.0 Å². The molecule has 0 bridgehead atoms. The zero-order valence-corrected chi connectivity index (χ0v) is 13.1. The molecule has 0 heterocycles. The summed E-state index contributed by atoms with van der Waals surface area (Å²) in [5.74, 6) is 1.82. The van der Waals surface area contributed by atoms with E-state index < -0.39 is 0 Å². The Hall–Kier alpha value is -1.18. The van der Waals surface area contributed by atoms with Crippen molar-refractivity contribution in [1.82, 2.24) is 0 Å². The quantitative estimate of drug-likeness (QED) is 0.552. The molecule has 0 amide bonds. The molecule has 1 aromatic carbocycles. The van der Waals surface area contributed by atoms with Crippen LogP contribution in [0.1, 0.15) is 59.8 Å². The molecule has 0 saturated heterocycles. The van der Waals surface area contributed by atoms with Gasteiger partial charge in [0.2, 0.25) is 0 Å². The Kier molecular flexibility index (Phi) is 12.4. The predicted octanol–water partition coefficient (Wildman–Crippen LogP) is 5.46. The molecule has 0 aliphatic heterocycles. The highest BCUT2D eigenvalue weighted by molar-refractivity contribution is 5.32. The standard InChI is InChI=1S/C15H24O2.C2H6/c1-3-5-7-12-17-15-10-8-9-14(13-15)16-11-6-4-2;1-2/h8-10,13H,3-7,11-12H2,1-2H3;1-2H3. The Morgan fingerprint density at radius 1 is 0.789 bits per heavy atom. The van der Waals surface area contributed by atoms with Gasteiger partial charge in [0.25, 0.3) is 0 Å². The van der Waals surface area contributed by atoms with E-state index in [0.717, 1.165) is 44.0 Å². The molecule has 1 rings (SSSR count). The maximum atomic E-state index is 5.68. The molecule has 0 aliphatic carbocycles. The van der Waals surface area contributed by atoms with Gasteiger partial charge in [-0.3, -0.25) is 0 Å². The summed E-state index contributed by atoms with van der Waals surface area (Å²) in [5, 5.41) is 0. The van der Waals surface area contributed by atoms with E-state index in [9.17, 15) is 0 Å². The topological polar surface area (TPSA) is 18.5 Å². The first-order valence-electron chi connectivity index (χ1n) is 7.72. The Morgan fingerprint density at radius 2 is 1.32 bits per heavy atom. The number of rotatable bonds is 9. The molecular weight excluding hydrogens is 236 g/mol. The Morgan fingerprint density at radius 3 is 1.84 bits per heavy atom. The Bertz CT molecular complexity index is 297. The first-order valence-corrected chi connectivity index (χ1v) is 7.72. The number of hydrogen-bond acceptors (Lipinski definition) is 2. The Balaban J connectivity index is 0.00000154. The second-order valence-corrected chi connectivity index (χ2v) is 4.23. The van der Waals surface area contributed by atoms with Crippen LogP contribution in [0.15, 0.2) is 24.3 Å². The normalized spacial score (nSPS) is 9.47. The van der Waals surface area contributed by atoms with E-state index in [1.165, 1.54) is 12.8 Å². The van der Waals surface area contributed by atoms with Crippen LogP contribution in [-0.2, 0) is 0 Å². The summed E-state index contributed by atoms with van der Waals surface area (Å²) in [4.78, 5) is 0. The second-order valence-electron chi connectivity index (χ2n) is 4.23. The summed E-state index contributed by atoms with van der Waals surface area (Å²) in [5.41, 5.74) is 0. The molecule has 0 unspecified atom stereocenters. The molecule has 110 valence electrons. The highest BCUT2D eigenvalue weighted by Crippen LogP contribution is 2.19. The second kappa shape index (κ2) is 13.3. The van der Waals surface area contributed by atoms with Crippen LogP contribution in [0.3, 0.4) is 0 Å². The number of benzene rings is 1. The van der Waals surface area contributed by atoms with Crippen LogP contribution in [0.4, 0.5) is 0 Å². The molecule has 19 heavy (non-hydrogen) atoms. The predicted molar refractivity (Wildman–Crippen MR) is 83.2 cm³/mol. The minimum Gasteiger partial charge on any atom is -0.493 e. The van der Waals surface area contributed by atoms with Gasteiger partial charge in [0.1, 0.15) is 11.5 Å². The van der Waals surface area contributed by atoms with Crippen LogP contribution < -0.4 is 9.47 Å². The smallest absolute Gasteiger partial charge is 0.122 e. The average Bonchev–Trinajstić information content (AvgIpc) is 2.47. The van der Waals surface area contributed by atoms with Gasteiger partial charge in [0.15, 0.2) is 0 Å². The number of ether oxygens (including phenoxy) is 2. The van der Waals surface area contributed by atoms with Gasteiger partial charge >= 0.3 is 0 Å². The third-order valence-electron chi connectivity index (χ3n) is 2.59. The lowest BCUT2D eigenvalue weighted by molar-refractivity contribution is 0.292. The highest BCUT2D eigenvalue weighted by atomic mass is 16.5. The molecule has 0 fully saturated rings. The fourth-order valence-corrected chi connectivity index (χ4v) is 1.53. The molecular formula is C17H30O2. The number of hydrogen-bond donors (Lipinski definition) is 0. The summed E-state index contributed by atoms with van der Waals surface area (Å²) in [6.07, 6.45) is 5.84. The van der Waals surface area contributed by atoms with Crippen molar-refractivity contribution < 1.29 is 9.47 Å². The van der Waals surface area contributed by atoms with Crippen LogP contribution in [-0.4, -0.2) is 13.2 Å². The van der Waals surface area contributed by atoms with E-state index in [4.69, 9.17) is 9.47 Å². The van der Waals surface area contributed by atoms with Gasteiger partial charge < -0.3 is 9.47 Å². The van der Waals surface area contributed by atoms with E-state index in [-0.39, 0.29) is 0 Å². The van der Waals surface area contributed by atoms with Crippen LogP contribution in [0, 0.1) is 0 Å². The molecule has 0 atom stereocenters. The number of unbranched alkanes of at least 4 members (excludes halogenated alkanes) is 3. The molecule has 2 nitrogen and oxygen atoms in total. The van der Waals surface area contributed by atoms with Crippen molar-refractivity contribution >= 4 is 0 Å². The lowest BCUT2D eigenvalue weighted by atomic mass is 10.3. The SMILES string of the molecule is CC.CCCCCOc1cccc(OCCCC)c1. The Labute approximate surface area is 119 Å². The zero-order chi connectivity index (χ0) is 14.3. The van der Waals surface area contributed by atoms with Gasteiger partial charge in [-0.2, -0.15) is 0 Å². The van der Waals surface area contributed by atoms with Gasteiger partial charge in [0, 0.05) is 6.07 Å². The van der Waals surface area contributed by atoms with Crippen LogP contribution in [0.2, 0.25) is 0 Å². The molecule has 0 spiro atoms. The summed E-state index contributed by atoms with van der Waals surface area (Å²) < 4.78 is 11.3. The highest BCUT2D eigenvalue weighted by Gasteiger charge is 1.97. The monoisotopic (exact) mass is 266 g/mol. The van der Waals surface area contributed by atoms with Crippen molar-refractivity contribution in [3.63, 3.8) is 0 Å². The van der Waals surface area contributed by atoms with E-state index in [1.54, 1.807) is 0 Å². The van der Waals surface area contributed by atoms with Crippen molar-refractivity contribution in [3.05, 3.63) is 24.3 Å². The summed E-state index contributed by atoms with van der Waals surface area (Å²) in [7, 11) is 0. The summed E-state index contributed by atoms with van der Waals surface area (Å²) in [6.45, 7) is 9.95. The van der Waals surface area contributed by atoms with Gasteiger partial charge in [-0.15, -0.1) is 0 Å². The molecule has 0 N–H and O–H groups in total. The third-order valence-corrected chi connectivity index (χ3v) is 2.59. The van der Waals surface area contributed by atoms with Crippen molar-refractivity contribution in [2.75, 3.05) is 13.2 Å². The maximum Gasteiger partial charge on any atom is 0.122 e. The van der Waals surface area contributed by atoms with Crippen LogP contribution in [0.25, 0.3) is 0 Å². The fourth-order valence-electron chi connectivity index (χ4n) is 1.53. The first kappa shape index (κ1) is 17.8. The average molecular weight is 266 g/mol. The lowest BCUT2D eigenvalue weighted by Gasteiger charge is -2.09. The van der Waals surface area contributed by atoms with Crippen LogP contribution in [0.5, 0.6) is 11.5 Å². The summed E-state index contributed by atoms with van der Waals surface area (Å²) >= 11 is 0. The minimum atomic E-state index is 0.787.